The van der Waals surface area contributed by atoms with Crippen molar-refractivity contribution in [2.24, 2.45) is 0 Å². The number of halogens is 1. The maximum Gasteiger partial charge on any atom is 0.216 e. The third-order valence-corrected chi connectivity index (χ3v) is 4.96. The van der Waals surface area contributed by atoms with E-state index in [1.54, 1.807) is 30.5 Å². The summed E-state index contributed by atoms with van der Waals surface area (Å²) in [7, 11) is -3.42. The summed E-state index contributed by atoms with van der Waals surface area (Å²) < 4.78 is 26.9. The first kappa shape index (κ1) is 15.9. The second-order valence-corrected chi connectivity index (χ2v) is 7.49. The number of sulfonamides is 1. The van der Waals surface area contributed by atoms with Crippen molar-refractivity contribution in [1.82, 2.24) is 9.71 Å². The Morgan fingerprint density at radius 2 is 1.74 bits per heavy atom. The number of hydrogen-bond acceptors (Lipinski definition) is 3. The molecule has 0 aliphatic rings. The van der Waals surface area contributed by atoms with Gasteiger partial charge in [-0.3, -0.25) is 4.98 Å². The van der Waals surface area contributed by atoms with Crippen LogP contribution in [0.3, 0.4) is 0 Å². The Hall–Kier alpha value is -1.95. The monoisotopic (exact) mass is 346 g/mol. The Kier molecular flexibility index (Phi) is 4.61. The molecule has 0 amide bonds. The van der Waals surface area contributed by atoms with Gasteiger partial charge in [-0.05, 0) is 35.4 Å². The van der Waals surface area contributed by atoms with Crippen LogP contribution in [0.5, 0.6) is 0 Å². The van der Waals surface area contributed by atoms with E-state index in [2.05, 4.69) is 9.71 Å². The molecule has 0 aliphatic carbocycles. The summed E-state index contributed by atoms with van der Waals surface area (Å²) in [6.07, 6.45) is 1.69. The minimum atomic E-state index is -3.42. The van der Waals surface area contributed by atoms with E-state index in [0.717, 1.165) is 16.5 Å². The molecule has 0 spiro atoms. The van der Waals surface area contributed by atoms with E-state index in [1.807, 2.05) is 30.3 Å². The Balaban J connectivity index is 1.69. The molecule has 0 fully saturated rings. The van der Waals surface area contributed by atoms with Crippen LogP contribution < -0.4 is 4.72 Å². The first-order chi connectivity index (χ1) is 11.0. The normalized spacial score (nSPS) is 11.7. The molecular formula is C17H15ClN2O2S. The van der Waals surface area contributed by atoms with Crippen LogP contribution in [-0.4, -0.2) is 13.4 Å². The van der Waals surface area contributed by atoms with E-state index in [9.17, 15) is 8.42 Å². The van der Waals surface area contributed by atoms with Gasteiger partial charge in [0.05, 0.1) is 11.3 Å². The van der Waals surface area contributed by atoms with Gasteiger partial charge in [0.1, 0.15) is 0 Å². The molecule has 0 unspecified atom stereocenters. The SMILES string of the molecule is O=S(=O)(Cc1ccc(Cl)cc1)NCc1cnc2ccccc2c1. The highest BCUT2D eigenvalue weighted by Crippen LogP contribution is 2.14. The van der Waals surface area contributed by atoms with Gasteiger partial charge in [-0.25, -0.2) is 13.1 Å². The summed E-state index contributed by atoms with van der Waals surface area (Å²) in [6, 6.07) is 16.4. The van der Waals surface area contributed by atoms with E-state index >= 15 is 0 Å². The number of nitrogens with zero attached hydrogens (tertiary/aromatic N) is 1. The molecule has 23 heavy (non-hydrogen) atoms. The van der Waals surface area contributed by atoms with Crippen molar-refractivity contribution in [3.63, 3.8) is 0 Å². The lowest BCUT2D eigenvalue weighted by molar-refractivity contribution is 0.580. The summed E-state index contributed by atoms with van der Waals surface area (Å²) in [4.78, 5) is 4.33. The summed E-state index contributed by atoms with van der Waals surface area (Å²) in [6.45, 7) is 0.216. The molecule has 6 heteroatoms. The van der Waals surface area contributed by atoms with E-state index in [0.29, 0.717) is 10.6 Å². The molecule has 1 N–H and O–H groups in total. The fraction of sp³-hybridized carbons (Fsp3) is 0.118. The van der Waals surface area contributed by atoms with Gasteiger partial charge in [-0.1, -0.05) is 41.9 Å². The first-order valence-corrected chi connectivity index (χ1v) is 9.10. The summed E-state index contributed by atoms with van der Waals surface area (Å²) in [5.41, 5.74) is 2.40. The molecule has 1 heterocycles. The highest BCUT2D eigenvalue weighted by molar-refractivity contribution is 7.88. The third kappa shape index (κ3) is 4.28. The van der Waals surface area contributed by atoms with Crippen LogP contribution in [0, 0.1) is 0 Å². The molecule has 0 atom stereocenters. The number of rotatable bonds is 5. The number of aromatic nitrogens is 1. The molecular weight excluding hydrogens is 332 g/mol. The smallest absolute Gasteiger partial charge is 0.216 e. The van der Waals surface area contributed by atoms with E-state index in [4.69, 9.17) is 11.6 Å². The molecule has 3 aromatic rings. The minimum Gasteiger partial charge on any atom is -0.256 e. The van der Waals surface area contributed by atoms with Gasteiger partial charge < -0.3 is 0 Å². The van der Waals surface area contributed by atoms with Crippen LogP contribution in [0.4, 0.5) is 0 Å². The maximum atomic E-state index is 12.2. The average molecular weight is 347 g/mol. The van der Waals surface area contributed by atoms with Crippen LogP contribution in [0.2, 0.25) is 5.02 Å². The van der Waals surface area contributed by atoms with Crippen LogP contribution >= 0.6 is 11.6 Å². The van der Waals surface area contributed by atoms with Crippen LogP contribution in [0.25, 0.3) is 10.9 Å². The van der Waals surface area contributed by atoms with Gasteiger partial charge in [0.15, 0.2) is 0 Å². The van der Waals surface area contributed by atoms with Crippen molar-refractivity contribution in [2.75, 3.05) is 0 Å². The van der Waals surface area contributed by atoms with Crippen molar-refractivity contribution < 1.29 is 8.42 Å². The highest BCUT2D eigenvalue weighted by Gasteiger charge is 2.11. The summed E-state index contributed by atoms with van der Waals surface area (Å²) >= 11 is 5.80. The standard InChI is InChI=1S/C17H15ClN2O2S/c18-16-7-5-13(6-8-16)12-23(21,22)20-11-14-9-15-3-1-2-4-17(15)19-10-14/h1-10,20H,11-12H2. The fourth-order valence-corrected chi connectivity index (χ4v) is 3.50. The summed E-state index contributed by atoms with van der Waals surface area (Å²) in [5.74, 6) is -0.0782. The zero-order valence-corrected chi connectivity index (χ0v) is 13.8. The number of fused-ring (bicyclic) bond motifs is 1. The highest BCUT2D eigenvalue weighted by atomic mass is 35.5. The lowest BCUT2D eigenvalue weighted by Crippen LogP contribution is -2.24. The largest absolute Gasteiger partial charge is 0.256 e. The number of benzene rings is 2. The molecule has 4 nitrogen and oxygen atoms in total. The lowest BCUT2D eigenvalue weighted by atomic mass is 10.2. The van der Waals surface area contributed by atoms with Gasteiger partial charge in [-0.2, -0.15) is 0 Å². The minimum absolute atomic E-state index is 0.0782. The number of nitrogens with one attached hydrogen (secondary N) is 1. The van der Waals surface area contributed by atoms with Gasteiger partial charge in [-0.15, -0.1) is 0 Å². The van der Waals surface area contributed by atoms with Gasteiger partial charge in [0.2, 0.25) is 10.0 Å². The topological polar surface area (TPSA) is 59.1 Å². The van der Waals surface area contributed by atoms with Crippen molar-refractivity contribution in [3.8, 4) is 0 Å². The molecule has 0 bridgehead atoms. The number of para-hydroxylation sites is 1. The lowest BCUT2D eigenvalue weighted by Gasteiger charge is -2.08. The molecule has 1 aromatic heterocycles. The average Bonchev–Trinajstić information content (AvgIpc) is 2.55. The Labute approximate surface area is 140 Å². The predicted octanol–water partition coefficient (Wildman–Crippen LogP) is 3.51. The van der Waals surface area contributed by atoms with Crippen molar-refractivity contribution in [3.05, 3.63) is 76.9 Å². The predicted molar refractivity (Wildman–Crippen MR) is 92.7 cm³/mol. The summed E-state index contributed by atoms with van der Waals surface area (Å²) in [5, 5.41) is 1.57. The number of hydrogen-bond donors (Lipinski definition) is 1. The fourth-order valence-electron chi connectivity index (χ4n) is 2.26. The molecule has 0 radical (unpaired) electrons. The molecule has 0 saturated heterocycles. The Morgan fingerprint density at radius 3 is 2.52 bits per heavy atom. The third-order valence-electron chi connectivity index (χ3n) is 3.41. The molecule has 0 saturated carbocycles. The van der Waals surface area contributed by atoms with Crippen LogP contribution in [0.1, 0.15) is 11.1 Å². The zero-order valence-electron chi connectivity index (χ0n) is 12.2. The maximum absolute atomic E-state index is 12.2. The van der Waals surface area contributed by atoms with E-state index in [1.165, 1.54) is 0 Å². The van der Waals surface area contributed by atoms with Gasteiger partial charge >= 0.3 is 0 Å². The Bertz CT molecular complexity index is 925. The molecule has 118 valence electrons. The number of pyridine rings is 1. The van der Waals surface area contributed by atoms with Crippen molar-refractivity contribution in [1.29, 1.82) is 0 Å². The van der Waals surface area contributed by atoms with Crippen molar-refractivity contribution in [2.45, 2.75) is 12.3 Å². The van der Waals surface area contributed by atoms with Crippen molar-refractivity contribution >= 4 is 32.5 Å². The van der Waals surface area contributed by atoms with Crippen LogP contribution in [-0.2, 0) is 22.3 Å². The molecule has 2 aromatic carbocycles. The second-order valence-electron chi connectivity index (χ2n) is 5.24. The molecule has 3 rings (SSSR count). The molecule has 0 aliphatic heterocycles. The Morgan fingerprint density at radius 1 is 1.00 bits per heavy atom. The quantitative estimate of drug-likeness (QED) is 0.769. The van der Waals surface area contributed by atoms with Gasteiger partial charge in [0, 0.05) is 23.2 Å². The van der Waals surface area contributed by atoms with E-state index < -0.39 is 10.0 Å². The van der Waals surface area contributed by atoms with Gasteiger partial charge in [0.25, 0.3) is 0 Å². The first-order valence-electron chi connectivity index (χ1n) is 7.07. The zero-order chi connectivity index (χ0) is 16.3. The second kappa shape index (κ2) is 6.66. The van der Waals surface area contributed by atoms with E-state index in [-0.39, 0.29) is 12.3 Å². The van der Waals surface area contributed by atoms with Crippen LogP contribution in [0.15, 0.2) is 60.8 Å².